The second-order valence-electron chi connectivity index (χ2n) is 4.68. The molecule has 1 aliphatic rings. The Bertz CT molecular complexity index is 619. The zero-order chi connectivity index (χ0) is 13.9. The molecule has 0 atom stereocenters. The Labute approximate surface area is 116 Å². The molecule has 1 saturated heterocycles. The molecule has 1 aromatic carbocycles. The van der Waals surface area contributed by atoms with Gasteiger partial charge in [-0.25, -0.2) is 0 Å². The van der Waals surface area contributed by atoms with E-state index in [-0.39, 0.29) is 5.91 Å². The molecule has 2 heterocycles. The predicted octanol–water partition coefficient (Wildman–Crippen LogP) is 1.29. The van der Waals surface area contributed by atoms with Crippen molar-refractivity contribution in [2.75, 3.05) is 25.5 Å². The van der Waals surface area contributed by atoms with E-state index >= 15 is 0 Å². The standard InChI is InChI=1S/C14H16N4O2/c1-20-13-5-3-2-4-12(13)14(19)17-10-6-16-18(9-10)11-7-15-8-11/h2-6,9,11,15H,7-8H2,1H3,(H,17,19). The summed E-state index contributed by atoms with van der Waals surface area (Å²) in [5.74, 6) is 0.356. The number of carbonyl (C=O) groups is 1. The highest BCUT2D eigenvalue weighted by Crippen LogP contribution is 2.20. The van der Waals surface area contributed by atoms with E-state index in [1.165, 1.54) is 0 Å². The number of hydrogen-bond donors (Lipinski definition) is 2. The number of nitrogens with one attached hydrogen (secondary N) is 2. The number of para-hydroxylation sites is 1. The lowest BCUT2D eigenvalue weighted by atomic mass is 10.2. The monoisotopic (exact) mass is 272 g/mol. The molecule has 6 heteroatoms. The average Bonchev–Trinajstić information content (AvgIpc) is 2.84. The van der Waals surface area contributed by atoms with Crippen molar-refractivity contribution < 1.29 is 9.53 Å². The number of benzene rings is 1. The van der Waals surface area contributed by atoms with Gasteiger partial charge in [0.1, 0.15) is 5.75 Å². The molecule has 6 nitrogen and oxygen atoms in total. The van der Waals surface area contributed by atoms with E-state index in [2.05, 4.69) is 15.7 Å². The first-order valence-corrected chi connectivity index (χ1v) is 6.47. The molecule has 0 saturated carbocycles. The van der Waals surface area contributed by atoms with Gasteiger partial charge in [0, 0.05) is 19.3 Å². The van der Waals surface area contributed by atoms with Gasteiger partial charge in [-0.15, -0.1) is 0 Å². The molecule has 1 aliphatic heterocycles. The quantitative estimate of drug-likeness (QED) is 0.880. The van der Waals surface area contributed by atoms with Crippen LogP contribution in [0.3, 0.4) is 0 Å². The van der Waals surface area contributed by atoms with Crippen molar-refractivity contribution in [3.8, 4) is 5.75 Å². The smallest absolute Gasteiger partial charge is 0.259 e. The van der Waals surface area contributed by atoms with Crippen molar-refractivity contribution in [2.24, 2.45) is 0 Å². The third kappa shape index (κ3) is 2.37. The first-order chi connectivity index (χ1) is 9.78. The minimum atomic E-state index is -0.200. The molecular formula is C14H16N4O2. The molecule has 2 aromatic rings. The molecule has 1 amide bonds. The van der Waals surface area contributed by atoms with Gasteiger partial charge in [-0.3, -0.25) is 9.48 Å². The number of hydrogen-bond acceptors (Lipinski definition) is 4. The fraction of sp³-hybridized carbons (Fsp3) is 0.286. The van der Waals surface area contributed by atoms with Gasteiger partial charge in [0.05, 0.1) is 30.6 Å². The summed E-state index contributed by atoms with van der Waals surface area (Å²) in [6.07, 6.45) is 3.50. The molecule has 0 spiro atoms. The van der Waals surface area contributed by atoms with Crippen LogP contribution in [0.1, 0.15) is 16.4 Å². The first-order valence-electron chi connectivity index (χ1n) is 6.47. The van der Waals surface area contributed by atoms with Gasteiger partial charge in [-0.05, 0) is 12.1 Å². The number of anilines is 1. The van der Waals surface area contributed by atoms with Gasteiger partial charge in [-0.2, -0.15) is 5.10 Å². The summed E-state index contributed by atoms with van der Waals surface area (Å²) in [6, 6.07) is 7.51. The minimum absolute atomic E-state index is 0.200. The van der Waals surface area contributed by atoms with Gasteiger partial charge in [0.2, 0.25) is 0 Å². The van der Waals surface area contributed by atoms with E-state index in [0.29, 0.717) is 23.0 Å². The number of amides is 1. The fourth-order valence-electron chi connectivity index (χ4n) is 2.09. The lowest BCUT2D eigenvalue weighted by molar-refractivity contribution is 0.102. The maximum absolute atomic E-state index is 12.2. The fourth-order valence-corrected chi connectivity index (χ4v) is 2.09. The second kappa shape index (κ2) is 5.34. The number of methoxy groups -OCH3 is 1. The number of nitrogens with zero attached hydrogens (tertiary/aromatic N) is 2. The Hall–Kier alpha value is -2.34. The Balaban J connectivity index is 1.73. The third-order valence-electron chi connectivity index (χ3n) is 3.35. The van der Waals surface area contributed by atoms with E-state index in [1.54, 1.807) is 31.5 Å². The van der Waals surface area contributed by atoms with Crippen LogP contribution in [-0.4, -0.2) is 35.9 Å². The van der Waals surface area contributed by atoms with Crippen LogP contribution in [0.25, 0.3) is 0 Å². The molecule has 0 unspecified atom stereocenters. The van der Waals surface area contributed by atoms with Gasteiger partial charge < -0.3 is 15.4 Å². The van der Waals surface area contributed by atoms with Crippen molar-refractivity contribution in [3.63, 3.8) is 0 Å². The van der Waals surface area contributed by atoms with Crippen molar-refractivity contribution in [1.29, 1.82) is 0 Å². The van der Waals surface area contributed by atoms with Crippen LogP contribution in [0, 0.1) is 0 Å². The van der Waals surface area contributed by atoms with Gasteiger partial charge >= 0.3 is 0 Å². The highest BCUT2D eigenvalue weighted by atomic mass is 16.5. The lowest BCUT2D eigenvalue weighted by Crippen LogP contribution is -2.43. The number of ether oxygens (including phenoxy) is 1. The average molecular weight is 272 g/mol. The number of rotatable bonds is 4. The largest absolute Gasteiger partial charge is 0.496 e. The molecule has 20 heavy (non-hydrogen) atoms. The van der Waals surface area contributed by atoms with Crippen LogP contribution in [0.15, 0.2) is 36.7 Å². The predicted molar refractivity (Wildman–Crippen MR) is 75.1 cm³/mol. The summed E-state index contributed by atoms with van der Waals surface area (Å²) in [5.41, 5.74) is 1.20. The zero-order valence-electron chi connectivity index (χ0n) is 11.2. The van der Waals surface area contributed by atoms with Crippen molar-refractivity contribution >= 4 is 11.6 Å². The molecule has 2 N–H and O–H groups in total. The second-order valence-corrected chi connectivity index (χ2v) is 4.68. The Kier molecular flexibility index (Phi) is 3.39. The highest BCUT2D eigenvalue weighted by Gasteiger charge is 2.20. The minimum Gasteiger partial charge on any atom is -0.496 e. The molecule has 3 rings (SSSR count). The van der Waals surface area contributed by atoms with E-state index in [1.807, 2.05) is 16.9 Å². The highest BCUT2D eigenvalue weighted by molar-refractivity contribution is 6.06. The van der Waals surface area contributed by atoms with Crippen LogP contribution in [0.2, 0.25) is 0 Å². The molecule has 0 radical (unpaired) electrons. The van der Waals surface area contributed by atoms with E-state index in [0.717, 1.165) is 13.1 Å². The van der Waals surface area contributed by atoms with Gasteiger partial charge in [0.25, 0.3) is 5.91 Å². The van der Waals surface area contributed by atoms with E-state index < -0.39 is 0 Å². The molecule has 1 aromatic heterocycles. The summed E-state index contributed by atoms with van der Waals surface area (Å²) < 4.78 is 7.05. The van der Waals surface area contributed by atoms with Crippen LogP contribution in [-0.2, 0) is 0 Å². The van der Waals surface area contributed by atoms with E-state index in [4.69, 9.17) is 4.74 Å². The van der Waals surface area contributed by atoms with Crippen LogP contribution in [0.4, 0.5) is 5.69 Å². The van der Waals surface area contributed by atoms with Gasteiger partial charge in [0.15, 0.2) is 0 Å². The summed E-state index contributed by atoms with van der Waals surface area (Å²) >= 11 is 0. The SMILES string of the molecule is COc1ccccc1C(=O)Nc1cnn(C2CNC2)c1. The topological polar surface area (TPSA) is 68.2 Å². The lowest BCUT2D eigenvalue weighted by Gasteiger charge is -2.27. The van der Waals surface area contributed by atoms with Gasteiger partial charge in [-0.1, -0.05) is 12.1 Å². The molecule has 1 fully saturated rings. The number of aromatic nitrogens is 2. The zero-order valence-corrected chi connectivity index (χ0v) is 11.2. The Morgan fingerprint density at radius 1 is 1.45 bits per heavy atom. The molecule has 104 valence electrons. The normalized spacial score (nSPS) is 14.7. The van der Waals surface area contributed by atoms with Crippen LogP contribution >= 0.6 is 0 Å². The molecular weight excluding hydrogens is 256 g/mol. The molecule has 0 bridgehead atoms. The van der Waals surface area contributed by atoms with Crippen molar-refractivity contribution in [2.45, 2.75) is 6.04 Å². The Morgan fingerprint density at radius 2 is 2.25 bits per heavy atom. The summed E-state index contributed by atoms with van der Waals surface area (Å²) in [4.78, 5) is 12.2. The molecule has 0 aliphatic carbocycles. The summed E-state index contributed by atoms with van der Waals surface area (Å²) in [5, 5.41) is 10.3. The maximum atomic E-state index is 12.2. The summed E-state index contributed by atoms with van der Waals surface area (Å²) in [7, 11) is 1.55. The third-order valence-corrected chi connectivity index (χ3v) is 3.35. The Morgan fingerprint density at radius 3 is 2.95 bits per heavy atom. The van der Waals surface area contributed by atoms with Crippen molar-refractivity contribution in [3.05, 3.63) is 42.2 Å². The van der Waals surface area contributed by atoms with Crippen LogP contribution in [0.5, 0.6) is 5.75 Å². The van der Waals surface area contributed by atoms with Crippen molar-refractivity contribution in [1.82, 2.24) is 15.1 Å². The van der Waals surface area contributed by atoms with Crippen LogP contribution < -0.4 is 15.4 Å². The first kappa shape index (κ1) is 12.7. The summed E-state index contributed by atoms with van der Waals surface area (Å²) in [6.45, 7) is 1.84. The number of carbonyl (C=O) groups excluding carboxylic acids is 1. The van der Waals surface area contributed by atoms with E-state index in [9.17, 15) is 4.79 Å². The maximum Gasteiger partial charge on any atom is 0.259 e.